The first-order valence-corrected chi connectivity index (χ1v) is 16.5. The van der Waals surface area contributed by atoms with Crippen molar-refractivity contribution in [1.82, 2.24) is 0 Å². The van der Waals surface area contributed by atoms with Crippen LogP contribution in [0, 0.1) is 0 Å². The molecule has 0 fully saturated rings. The van der Waals surface area contributed by atoms with E-state index in [1.807, 2.05) is 0 Å². The largest absolute Gasteiger partial charge is 0.460 e. The number of hydrogen-bond acceptors (Lipinski definition) is 1. The minimum atomic E-state index is 0.971. The van der Waals surface area contributed by atoms with Crippen molar-refractivity contribution >= 4 is 60.1 Å². The van der Waals surface area contributed by atoms with Crippen LogP contribution >= 0.6 is 0 Å². The summed E-state index contributed by atoms with van der Waals surface area (Å²) in [5.41, 5.74) is 9.70. The number of fused-ring (bicyclic) bond motifs is 8. The molecule has 1 aliphatic carbocycles. The van der Waals surface area contributed by atoms with Gasteiger partial charge in [0.25, 0.3) is 0 Å². The summed E-state index contributed by atoms with van der Waals surface area (Å²) in [5, 5.41) is 11.4. The average molecular weight is 599 g/mol. The van der Waals surface area contributed by atoms with E-state index >= 15 is 0 Å². The first-order chi connectivity index (χ1) is 23.3. The molecule has 1 heteroatoms. The molecule has 0 spiro atoms. The minimum Gasteiger partial charge on any atom is -0.460 e. The van der Waals surface area contributed by atoms with Crippen LogP contribution in [-0.4, -0.2) is 0 Å². The van der Waals surface area contributed by atoms with E-state index in [1.54, 1.807) is 0 Å². The quantitative estimate of drug-likeness (QED) is 0.146. The zero-order chi connectivity index (χ0) is 30.9. The molecule has 1 aliphatic rings. The maximum absolute atomic E-state index is 6.18. The van der Waals surface area contributed by atoms with Gasteiger partial charge in [-0.1, -0.05) is 140 Å². The molecule has 0 saturated carbocycles. The van der Waals surface area contributed by atoms with Crippen LogP contribution in [0.5, 0.6) is 0 Å². The zero-order valence-corrected chi connectivity index (χ0v) is 25.8. The van der Waals surface area contributed by atoms with Crippen molar-refractivity contribution in [3.05, 3.63) is 163 Å². The summed E-state index contributed by atoms with van der Waals surface area (Å²) in [6.45, 7) is 0. The number of allylic oxidation sites excluding steroid dienone is 1. The topological polar surface area (TPSA) is 13.1 Å². The summed E-state index contributed by atoms with van der Waals surface area (Å²) in [7, 11) is 0. The lowest BCUT2D eigenvalue weighted by Crippen LogP contribution is -1.92. The Labute approximate surface area is 273 Å². The van der Waals surface area contributed by atoms with Gasteiger partial charge in [-0.15, -0.1) is 0 Å². The standard InChI is InChI=1S/C46H30O/c1-2-12-33-32(11-1)28-42(35-14-4-3-13-34(33)35)46-39-18-7-5-16-37(39)45(38-17-6-8-19-40(38)46)30-23-21-29(22-24-30)31-25-26-44-41(27-31)36-15-9-10-20-43(36)47-44/h1-9,11-19,21-28H,10,20H2. The monoisotopic (exact) mass is 598 g/mol. The van der Waals surface area contributed by atoms with E-state index in [0.29, 0.717) is 0 Å². The molecule has 8 aromatic carbocycles. The highest BCUT2D eigenvalue weighted by Crippen LogP contribution is 2.46. The van der Waals surface area contributed by atoms with Crippen LogP contribution in [0.15, 0.2) is 156 Å². The molecule has 10 rings (SSSR count). The molecule has 0 saturated heterocycles. The van der Waals surface area contributed by atoms with E-state index in [0.717, 1.165) is 24.2 Å². The first-order valence-electron chi connectivity index (χ1n) is 16.5. The molecule has 220 valence electrons. The fourth-order valence-corrected chi connectivity index (χ4v) is 7.95. The van der Waals surface area contributed by atoms with Gasteiger partial charge in [0, 0.05) is 17.4 Å². The Hall–Kier alpha value is -5.92. The maximum atomic E-state index is 6.18. The Bertz CT molecular complexity index is 2660. The van der Waals surface area contributed by atoms with Crippen LogP contribution in [0.1, 0.15) is 17.7 Å². The van der Waals surface area contributed by atoms with Gasteiger partial charge in [0.05, 0.1) is 0 Å². The summed E-state index contributed by atoms with van der Waals surface area (Å²) in [5.74, 6) is 1.11. The lowest BCUT2D eigenvalue weighted by Gasteiger charge is -2.19. The van der Waals surface area contributed by atoms with Gasteiger partial charge in [-0.25, -0.2) is 0 Å². The molecule has 0 unspecified atom stereocenters. The second-order valence-corrected chi connectivity index (χ2v) is 12.7. The van der Waals surface area contributed by atoms with Gasteiger partial charge < -0.3 is 4.42 Å². The third-order valence-electron chi connectivity index (χ3n) is 10.1. The van der Waals surface area contributed by atoms with Gasteiger partial charge in [0.1, 0.15) is 11.3 Å². The van der Waals surface area contributed by atoms with Crippen molar-refractivity contribution in [2.45, 2.75) is 12.8 Å². The second-order valence-electron chi connectivity index (χ2n) is 12.7. The van der Waals surface area contributed by atoms with Gasteiger partial charge in [-0.3, -0.25) is 0 Å². The van der Waals surface area contributed by atoms with Crippen molar-refractivity contribution < 1.29 is 4.42 Å². The molecule has 0 amide bonds. The number of hydrogen-bond donors (Lipinski definition) is 0. The number of aryl methyl sites for hydroxylation is 1. The van der Waals surface area contributed by atoms with E-state index in [-0.39, 0.29) is 0 Å². The molecular weight excluding hydrogens is 569 g/mol. The van der Waals surface area contributed by atoms with Gasteiger partial charge in [-0.05, 0) is 101 Å². The van der Waals surface area contributed by atoms with Crippen molar-refractivity contribution in [3.63, 3.8) is 0 Å². The SMILES string of the molecule is C1=Cc2c(oc3ccc(-c4ccc(-c5c6ccccc6c(-c6cc7ccccc7c7ccccc67)c6ccccc56)cc4)cc23)CC1. The van der Waals surface area contributed by atoms with Gasteiger partial charge in [0.2, 0.25) is 0 Å². The molecule has 9 aromatic rings. The predicted molar refractivity (Wildman–Crippen MR) is 200 cm³/mol. The van der Waals surface area contributed by atoms with E-state index in [4.69, 9.17) is 4.42 Å². The third kappa shape index (κ3) is 4.03. The fourth-order valence-electron chi connectivity index (χ4n) is 7.95. The second kappa shape index (κ2) is 10.3. The Morgan fingerprint density at radius 3 is 1.72 bits per heavy atom. The van der Waals surface area contributed by atoms with Crippen molar-refractivity contribution in [2.24, 2.45) is 0 Å². The van der Waals surface area contributed by atoms with E-state index in [9.17, 15) is 0 Å². The lowest BCUT2D eigenvalue weighted by atomic mass is 9.83. The van der Waals surface area contributed by atoms with Crippen LogP contribution in [0.3, 0.4) is 0 Å². The third-order valence-corrected chi connectivity index (χ3v) is 10.1. The normalized spacial score (nSPS) is 12.9. The fraction of sp³-hybridized carbons (Fsp3) is 0.0435. The highest BCUT2D eigenvalue weighted by Gasteiger charge is 2.19. The minimum absolute atomic E-state index is 0.971. The molecule has 1 nitrogen and oxygen atoms in total. The Morgan fingerprint density at radius 1 is 0.426 bits per heavy atom. The maximum Gasteiger partial charge on any atom is 0.134 e. The molecule has 0 radical (unpaired) electrons. The van der Waals surface area contributed by atoms with Gasteiger partial charge in [0.15, 0.2) is 0 Å². The average Bonchev–Trinajstić information content (AvgIpc) is 3.52. The zero-order valence-electron chi connectivity index (χ0n) is 25.8. The van der Waals surface area contributed by atoms with Crippen LogP contribution < -0.4 is 0 Å². The molecule has 0 atom stereocenters. The van der Waals surface area contributed by atoms with Crippen LogP contribution in [0.25, 0.3) is 93.5 Å². The molecule has 1 aromatic heterocycles. The molecule has 0 N–H and O–H groups in total. The van der Waals surface area contributed by atoms with Crippen molar-refractivity contribution in [2.75, 3.05) is 0 Å². The Balaban J connectivity index is 1.18. The summed E-state index contributed by atoms with van der Waals surface area (Å²) in [4.78, 5) is 0. The Morgan fingerprint density at radius 2 is 1.00 bits per heavy atom. The molecule has 0 bridgehead atoms. The van der Waals surface area contributed by atoms with Crippen LogP contribution in [0.4, 0.5) is 0 Å². The lowest BCUT2D eigenvalue weighted by molar-refractivity contribution is 0.546. The predicted octanol–water partition coefficient (Wildman–Crippen LogP) is 13.0. The molecule has 0 aliphatic heterocycles. The molecule has 1 heterocycles. The van der Waals surface area contributed by atoms with Crippen LogP contribution in [0.2, 0.25) is 0 Å². The number of benzene rings is 8. The highest BCUT2D eigenvalue weighted by atomic mass is 16.3. The highest BCUT2D eigenvalue weighted by molar-refractivity contribution is 6.25. The van der Waals surface area contributed by atoms with E-state index < -0.39 is 0 Å². The number of rotatable bonds is 3. The number of furan rings is 1. The summed E-state index contributed by atoms with van der Waals surface area (Å²) in [6, 6.07) is 53.6. The van der Waals surface area contributed by atoms with Crippen molar-refractivity contribution in [3.8, 4) is 33.4 Å². The Kier molecular flexibility index (Phi) is 5.77. The van der Waals surface area contributed by atoms with Crippen LogP contribution in [-0.2, 0) is 6.42 Å². The molecule has 47 heavy (non-hydrogen) atoms. The smallest absolute Gasteiger partial charge is 0.134 e. The first kappa shape index (κ1) is 26.3. The summed E-state index contributed by atoms with van der Waals surface area (Å²) in [6.07, 6.45) is 6.49. The van der Waals surface area contributed by atoms with E-state index in [1.165, 1.54) is 87.4 Å². The van der Waals surface area contributed by atoms with Gasteiger partial charge >= 0.3 is 0 Å². The van der Waals surface area contributed by atoms with Crippen molar-refractivity contribution in [1.29, 1.82) is 0 Å². The van der Waals surface area contributed by atoms with Gasteiger partial charge in [-0.2, -0.15) is 0 Å². The van der Waals surface area contributed by atoms with E-state index in [2.05, 4.69) is 158 Å². The summed E-state index contributed by atoms with van der Waals surface area (Å²) < 4.78 is 6.18. The molecular formula is C46H30O. The summed E-state index contributed by atoms with van der Waals surface area (Å²) >= 11 is 0.